The highest BCUT2D eigenvalue weighted by Crippen LogP contribution is 2.22. The molecule has 1 saturated heterocycles. The van der Waals surface area contributed by atoms with Gasteiger partial charge in [0.25, 0.3) is 5.91 Å². The molecule has 2 N–H and O–H groups in total. The number of carbonyl (C=O) groups excluding carboxylic acids is 1. The van der Waals surface area contributed by atoms with Gasteiger partial charge in [0.2, 0.25) is 0 Å². The van der Waals surface area contributed by atoms with Crippen molar-refractivity contribution in [2.24, 2.45) is 0 Å². The third kappa shape index (κ3) is 3.17. The Bertz CT molecular complexity index is 462. The Balaban J connectivity index is 2.14. The molecule has 1 aliphatic heterocycles. The SMILES string of the molecule is CCOc1cc(N)cc(C(=O)N2CCC(OC)C2)c1. The molecule has 0 aromatic heterocycles. The molecule has 1 amide bonds. The molecule has 0 aliphatic carbocycles. The minimum absolute atomic E-state index is 0.0206. The van der Waals surface area contributed by atoms with E-state index in [1.165, 1.54) is 0 Å². The fourth-order valence-electron chi connectivity index (χ4n) is 2.28. The molecule has 1 aromatic carbocycles. The maximum atomic E-state index is 12.4. The average molecular weight is 264 g/mol. The summed E-state index contributed by atoms with van der Waals surface area (Å²) in [4.78, 5) is 14.2. The predicted octanol–water partition coefficient (Wildman–Crippen LogP) is 1.53. The summed E-state index contributed by atoms with van der Waals surface area (Å²) in [6, 6.07) is 5.15. The van der Waals surface area contributed by atoms with Crippen LogP contribution in [-0.2, 0) is 4.74 Å². The first-order valence-corrected chi connectivity index (χ1v) is 6.49. The topological polar surface area (TPSA) is 64.8 Å². The molecule has 1 atom stereocenters. The summed E-state index contributed by atoms with van der Waals surface area (Å²) in [7, 11) is 1.67. The molecule has 1 aliphatic rings. The van der Waals surface area contributed by atoms with Crippen LogP contribution in [0, 0.1) is 0 Å². The number of amides is 1. The van der Waals surface area contributed by atoms with Gasteiger partial charge < -0.3 is 20.1 Å². The van der Waals surface area contributed by atoms with Crippen LogP contribution in [0.3, 0.4) is 0 Å². The molecule has 1 aromatic rings. The van der Waals surface area contributed by atoms with Crippen LogP contribution in [0.25, 0.3) is 0 Å². The van der Waals surface area contributed by atoms with Gasteiger partial charge in [-0.2, -0.15) is 0 Å². The van der Waals surface area contributed by atoms with Gasteiger partial charge in [-0.05, 0) is 25.5 Å². The normalized spacial score (nSPS) is 18.6. The van der Waals surface area contributed by atoms with E-state index in [1.54, 1.807) is 30.2 Å². The minimum atomic E-state index is -0.0206. The molecular weight excluding hydrogens is 244 g/mol. The minimum Gasteiger partial charge on any atom is -0.494 e. The van der Waals surface area contributed by atoms with Crippen molar-refractivity contribution >= 4 is 11.6 Å². The summed E-state index contributed by atoms with van der Waals surface area (Å²) >= 11 is 0. The summed E-state index contributed by atoms with van der Waals surface area (Å²) in [6.07, 6.45) is 1.01. The number of hydrogen-bond donors (Lipinski definition) is 1. The van der Waals surface area contributed by atoms with Gasteiger partial charge in [-0.3, -0.25) is 4.79 Å². The lowest BCUT2D eigenvalue weighted by Gasteiger charge is -2.17. The number of carbonyl (C=O) groups is 1. The number of likely N-dealkylation sites (tertiary alicyclic amines) is 1. The molecule has 1 fully saturated rings. The Morgan fingerprint density at radius 2 is 2.26 bits per heavy atom. The number of anilines is 1. The second kappa shape index (κ2) is 5.93. The number of nitrogens with two attached hydrogens (primary N) is 1. The molecule has 0 spiro atoms. The van der Waals surface area contributed by atoms with E-state index in [2.05, 4.69) is 0 Å². The summed E-state index contributed by atoms with van der Waals surface area (Å²) in [5.74, 6) is 0.612. The number of hydrogen-bond acceptors (Lipinski definition) is 4. The summed E-state index contributed by atoms with van der Waals surface area (Å²) in [5.41, 5.74) is 6.91. The average Bonchev–Trinajstić information content (AvgIpc) is 2.86. The standard InChI is InChI=1S/C14H20N2O3/c1-3-19-13-7-10(6-11(15)8-13)14(17)16-5-4-12(9-16)18-2/h6-8,12H,3-5,9,15H2,1-2H3. The first-order chi connectivity index (χ1) is 9.13. The van der Waals surface area contributed by atoms with Crippen molar-refractivity contribution in [1.29, 1.82) is 0 Å². The molecule has 1 heterocycles. The van der Waals surface area contributed by atoms with Crippen LogP contribution in [-0.4, -0.2) is 43.7 Å². The van der Waals surface area contributed by atoms with Gasteiger partial charge in [0, 0.05) is 37.5 Å². The van der Waals surface area contributed by atoms with Gasteiger partial charge in [0.15, 0.2) is 0 Å². The van der Waals surface area contributed by atoms with Gasteiger partial charge in [-0.1, -0.05) is 0 Å². The maximum absolute atomic E-state index is 12.4. The van der Waals surface area contributed by atoms with E-state index >= 15 is 0 Å². The van der Waals surface area contributed by atoms with Crippen molar-refractivity contribution in [3.05, 3.63) is 23.8 Å². The van der Waals surface area contributed by atoms with Gasteiger partial charge in [0.05, 0.1) is 12.7 Å². The smallest absolute Gasteiger partial charge is 0.254 e. The Morgan fingerprint density at radius 3 is 2.89 bits per heavy atom. The number of ether oxygens (including phenoxy) is 2. The first kappa shape index (κ1) is 13.7. The second-order valence-electron chi connectivity index (χ2n) is 4.62. The summed E-state index contributed by atoms with van der Waals surface area (Å²) in [5, 5.41) is 0. The quantitative estimate of drug-likeness (QED) is 0.838. The van der Waals surface area contributed by atoms with Gasteiger partial charge in [-0.25, -0.2) is 0 Å². The van der Waals surface area contributed by atoms with Crippen LogP contribution in [0.2, 0.25) is 0 Å². The first-order valence-electron chi connectivity index (χ1n) is 6.49. The Hall–Kier alpha value is -1.75. The fourth-order valence-corrected chi connectivity index (χ4v) is 2.28. The maximum Gasteiger partial charge on any atom is 0.254 e. The van der Waals surface area contributed by atoms with Crippen LogP contribution in [0.4, 0.5) is 5.69 Å². The zero-order chi connectivity index (χ0) is 13.8. The van der Waals surface area contributed by atoms with Crippen molar-refractivity contribution < 1.29 is 14.3 Å². The highest BCUT2D eigenvalue weighted by molar-refractivity contribution is 5.95. The number of methoxy groups -OCH3 is 1. The van der Waals surface area contributed by atoms with E-state index in [9.17, 15) is 4.79 Å². The van der Waals surface area contributed by atoms with Crippen LogP contribution >= 0.6 is 0 Å². The molecular formula is C14H20N2O3. The van der Waals surface area contributed by atoms with E-state index in [1.807, 2.05) is 6.92 Å². The summed E-state index contributed by atoms with van der Waals surface area (Å²) in [6.45, 7) is 3.80. The Labute approximate surface area is 113 Å². The zero-order valence-electron chi connectivity index (χ0n) is 11.4. The van der Waals surface area contributed by atoms with Crippen LogP contribution in [0.15, 0.2) is 18.2 Å². The highest BCUT2D eigenvalue weighted by Gasteiger charge is 2.27. The lowest BCUT2D eigenvalue weighted by atomic mass is 10.1. The molecule has 0 radical (unpaired) electrons. The monoisotopic (exact) mass is 264 g/mol. The molecule has 0 bridgehead atoms. The third-order valence-corrected chi connectivity index (χ3v) is 3.25. The number of nitrogen functional groups attached to an aromatic ring is 1. The van der Waals surface area contributed by atoms with Crippen molar-refractivity contribution in [3.8, 4) is 5.75 Å². The van der Waals surface area contributed by atoms with Crippen LogP contribution < -0.4 is 10.5 Å². The van der Waals surface area contributed by atoms with Crippen molar-refractivity contribution in [2.45, 2.75) is 19.4 Å². The van der Waals surface area contributed by atoms with E-state index in [4.69, 9.17) is 15.2 Å². The predicted molar refractivity (Wildman–Crippen MR) is 73.3 cm³/mol. The summed E-state index contributed by atoms with van der Waals surface area (Å²) < 4.78 is 10.7. The third-order valence-electron chi connectivity index (χ3n) is 3.25. The second-order valence-corrected chi connectivity index (χ2v) is 4.62. The van der Waals surface area contributed by atoms with E-state index in [-0.39, 0.29) is 12.0 Å². The van der Waals surface area contributed by atoms with E-state index in [0.29, 0.717) is 30.2 Å². The molecule has 2 rings (SSSR count). The Morgan fingerprint density at radius 1 is 1.47 bits per heavy atom. The number of rotatable bonds is 4. The van der Waals surface area contributed by atoms with Crippen molar-refractivity contribution in [2.75, 3.05) is 32.5 Å². The molecule has 0 saturated carbocycles. The zero-order valence-corrected chi connectivity index (χ0v) is 11.4. The van der Waals surface area contributed by atoms with E-state index in [0.717, 1.165) is 13.0 Å². The van der Waals surface area contributed by atoms with Gasteiger partial charge in [-0.15, -0.1) is 0 Å². The number of nitrogens with zero attached hydrogens (tertiary/aromatic N) is 1. The highest BCUT2D eigenvalue weighted by atomic mass is 16.5. The molecule has 19 heavy (non-hydrogen) atoms. The van der Waals surface area contributed by atoms with Crippen molar-refractivity contribution in [3.63, 3.8) is 0 Å². The van der Waals surface area contributed by atoms with Crippen molar-refractivity contribution in [1.82, 2.24) is 4.90 Å². The fraction of sp³-hybridized carbons (Fsp3) is 0.500. The largest absolute Gasteiger partial charge is 0.494 e. The van der Waals surface area contributed by atoms with Gasteiger partial charge >= 0.3 is 0 Å². The number of benzene rings is 1. The van der Waals surface area contributed by atoms with E-state index < -0.39 is 0 Å². The van der Waals surface area contributed by atoms with Crippen LogP contribution in [0.1, 0.15) is 23.7 Å². The molecule has 1 unspecified atom stereocenters. The van der Waals surface area contributed by atoms with Gasteiger partial charge in [0.1, 0.15) is 5.75 Å². The molecule has 5 heteroatoms. The van der Waals surface area contributed by atoms with Crippen LogP contribution in [0.5, 0.6) is 5.75 Å². The molecule has 5 nitrogen and oxygen atoms in total. The lowest BCUT2D eigenvalue weighted by molar-refractivity contribution is 0.0724. The lowest BCUT2D eigenvalue weighted by Crippen LogP contribution is -2.30. The molecule has 104 valence electrons. The Kier molecular flexibility index (Phi) is 4.27.